The summed E-state index contributed by atoms with van der Waals surface area (Å²) >= 11 is 6.81. The lowest BCUT2D eigenvalue weighted by molar-refractivity contribution is -0.120. The van der Waals surface area contributed by atoms with E-state index in [2.05, 4.69) is 5.32 Å². The number of carbonyl (C=O) groups excluding carboxylic acids is 2. The van der Waals surface area contributed by atoms with Crippen LogP contribution in [0.1, 0.15) is 42.5 Å². The number of nitrogens with one attached hydrogen (secondary N) is 1. The average Bonchev–Trinajstić information content (AvgIpc) is 3.33. The molecule has 2 aromatic rings. The minimum atomic E-state index is -3.73. The molecule has 7 nitrogen and oxygen atoms in total. The molecule has 2 aliphatic rings. The second kappa shape index (κ2) is 10.1. The first-order valence-electron chi connectivity index (χ1n) is 10.9. The lowest BCUT2D eigenvalue weighted by Crippen LogP contribution is -2.41. The second-order valence-corrected chi connectivity index (χ2v) is 11.8. The number of carbonyl (C=O) groups is 2. The molecule has 3 heterocycles. The minimum Gasteiger partial charge on any atom is -0.339 e. The Balaban J connectivity index is 1.36. The highest BCUT2D eigenvalue weighted by molar-refractivity contribution is 7.91. The van der Waals surface area contributed by atoms with Gasteiger partial charge in [-0.3, -0.25) is 9.59 Å². The van der Waals surface area contributed by atoms with Crippen LogP contribution in [-0.2, 0) is 14.8 Å². The highest BCUT2D eigenvalue weighted by Crippen LogP contribution is 2.29. The number of hydrogen-bond donors (Lipinski definition) is 1. The number of anilines is 1. The summed E-state index contributed by atoms with van der Waals surface area (Å²) in [5.74, 6) is -1.30. The van der Waals surface area contributed by atoms with Crippen molar-refractivity contribution >= 4 is 50.5 Å². The Hall–Kier alpha value is -2.01. The normalized spacial score (nSPS) is 18.3. The van der Waals surface area contributed by atoms with Gasteiger partial charge in [0.25, 0.3) is 15.9 Å². The van der Waals surface area contributed by atoms with Crippen molar-refractivity contribution in [1.82, 2.24) is 9.21 Å². The molecule has 2 amide bonds. The molecule has 1 aromatic carbocycles. The van der Waals surface area contributed by atoms with E-state index >= 15 is 0 Å². The molecule has 2 aliphatic heterocycles. The topological polar surface area (TPSA) is 86.8 Å². The SMILES string of the molecule is O=C(Nc1ccc(F)c(Cl)c1)C1CCN(S(=O)(=O)c2cc(C(=O)N3CCCCC3)cs2)CC1. The van der Waals surface area contributed by atoms with Crippen molar-refractivity contribution in [2.45, 2.75) is 36.3 Å². The van der Waals surface area contributed by atoms with Gasteiger partial charge in [-0.15, -0.1) is 11.3 Å². The highest BCUT2D eigenvalue weighted by atomic mass is 35.5. The Morgan fingerprint density at radius 2 is 1.76 bits per heavy atom. The molecule has 33 heavy (non-hydrogen) atoms. The number of sulfonamides is 1. The van der Waals surface area contributed by atoms with Crippen molar-refractivity contribution in [1.29, 1.82) is 0 Å². The third kappa shape index (κ3) is 5.40. The van der Waals surface area contributed by atoms with Crippen molar-refractivity contribution in [3.63, 3.8) is 0 Å². The number of likely N-dealkylation sites (tertiary alicyclic amines) is 1. The van der Waals surface area contributed by atoms with Crippen LogP contribution in [0.2, 0.25) is 5.02 Å². The summed E-state index contributed by atoms with van der Waals surface area (Å²) in [6, 6.07) is 5.42. The summed E-state index contributed by atoms with van der Waals surface area (Å²) in [6.45, 7) is 1.82. The molecule has 1 N–H and O–H groups in total. The van der Waals surface area contributed by atoms with Gasteiger partial charge in [0.2, 0.25) is 5.91 Å². The average molecular weight is 514 g/mol. The number of amides is 2. The van der Waals surface area contributed by atoms with Crippen LogP contribution in [0, 0.1) is 11.7 Å². The molecular weight excluding hydrogens is 489 g/mol. The maximum absolute atomic E-state index is 13.3. The van der Waals surface area contributed by atoms with Crippen LogP contribution in [0.3, 0.4) is 0 Å². The van der Waals surface area contributed by atoms with Gasteiger partial charge >= 0.3 is 0 Å². The predicted molar refractivity (Wildman–Crippen MR) is 126 cm³/mol. The number of thiophene rings is 1. The minimum absolute atomic E-state index is 0.0807. The van der Waals surface area contributed by atoms with Gasteiger partial charge in [-0.1, -0.05) is 11.6 Å². The predicted octanol–water partition coefficient (Wildman–Crippen LogP) is 4.21. The fourth-order valence-corrected chi connectivity index (χ4v) is 7.10. The molecule has 11 heteroatoms. The van der Waals surface area contributed by atoms with Gasteiger partial charge in [0.05, 0.1) is 10.6 Å². The molecule has 4 rings (SSSR count). The fraction of sp³-hybridized carbons (Fsp3) is 0.455. The van der Waals surface area contributed by atoms with Crippen LogP contribution in [0.15, 0.2) is 33.9 Å². The third-order valence-corrected chi connectivity index (χ3v) is 9.68. The smallest absolute Gasteiger partial charge is 0.254 e. The molecular formula is C22H25ClFN3O4S2. The van der Waals surface area contributed by atoms with Crippen LogP contribution in [0.4, 0.5) is 10.1 Å². The van der Waals surface area contributed by atoms with Crippen molar-refractivity contribution in [3.05, 3.63) is 46.0 Å². The molecule has 2 fully saturated rings. The van der Waals surface area contributed by atoms with Crippen molar-refractivity contribution in [3.8, 4) is 0 Å². The summed E-state index contributed by atoms with van der Waals surface area (Å²) in [5.41, 5.74) is 0.804. The van der Waals surface area contributed by atoms with Gasteiger partial charge in [0.1, 0.15) is 10.0 Å². The standard InChI is InChI=1S/C22H25ClFN3O4S2/c23-18-13-17(4-5-19(18)24)25-21(28)15-6-10-27(11-7-15)33(30,31)20-12-16(14-32-20)22(29)26-8-2-1-3-9-26/h4-5,12-15H,1-3,6-11H2,(H,25,28). The lowest BCUT2D eigenvalue weighted by Gasteiger charge is -2.30. The first kappa shape index (κ1) is 24.1. The molecule has 0 spiro atoms. The number of rotatable bonds is 5. The van der Waals surface area contributed by atoms with Crippen LogP contribution < -0.4 is 5.32 Å². The molecule has 178 valence electrons. The third-order valence-electron chi connectivity index (χ3n) is 6.07. The van der Waals surface area contributed by atoms with Gasteiger partial charge in [0, 0.05) is 43.2 Å². The molecule has 0 aliphatic carbocycles. The van der Waals surface area contributed by atoms with E-state index in [-0.39, 0.29) is 40.1 Å². The van der Waals surface area contributed by atoms with E-state index in [0.717, 1.165) is 30.6 Å². The van der Waals surface area contributed by atoms with E-state index in [1.807, 2.05) is 0 Å². The van der Waals surface area contributed by atoms with Crippen LogP contribution in [0.5, 0.6) is 0 Å². The number of piperidine rings is 2. The van der Waals surface area contributed by atoms with Crippen LogP contribution >= 0.6 is 22.9 Å². The van der Waals surface area contributed by atoms with Crippen molar-refractivity contribution < 1.29 is 22.4 Å². The second-order valence-electron chi connectivity index (χ2n) is 8.30. The maximum atomic E-state index is 13.3. The summed E-state index contributed by atoms with van der Waals surface area (Å²) in [7, 11) is -3.73. The van der Waals surface area contributed by atoms with E-state index in [1.54, 1.807) is 10.3 Å². The van der Waals surface area contributed by atoms with Gasteiger partial charge in [0.15, 0.2) is 0 Å². The van der Waals surface area contributed by atoms with Crippen LogP contribution in [0.25, 0.3) is 0 Å². The summed E-state index contributed by atoms with van der Waals surface area (Å²) < 4.78 is 41.0. The Labute approximate surface area is 201 Å². The Morgan fingerprint density at radius 3 is 2.42 bits per heavy atom. The van der Waals surface area contributed by atoms with Crippen molar-refractivity contribution in [2.75, 3.05) is 31.5 Å². The molecule has 0 saturated carbocycles. The quantitative estimate of drug-likeness (QED) is 0.649. The van der Waals surface area contributed by atoms with Gasteiger partial charge in [-0.05, 0) is 56.4 Å². The largest absolute Gasteiger partial charge is 0.339 e. The van der Waals surface area contributed by atoms with Crippen LogP contribution in [-0.4, -0.2) is 55.6 Å². The van der Waals surface area contributed by atoms with E-state index in [1.165, 1.54) is 28.6 Å². The monoisotopic (exact) mass is 513 g/mol. The molecule has 2 saturated heterocycles. The first-order valence-corrected chi connectivity index (χ1v) is 13.6. The van der Waals surface area contributed by atoms with Crippen molar-refractivity contribution in [2.24, 2.45) is 5.92 Å². The molecule has 0 atom stereocenters. The Kier molecular flexibility index (Phi) is 7.37. The van der Waals surface area contributed by atoms with Gasteiger partial charge < -0.3 is 10.2 Å². The van der Waals surface area contributed by atoms with E-state index < -0.39 is 15.8 Å². The number of benzene rings is 1. The summed E-state index contributed by atoms with van der Waals surface area (Å²) in [6.07, 6.45) is 3.78. The van der Waals surface area contributed by atoms with E-state index in [0.29, 0.717) is 37.2 Å². The molecule has 0 unspecified atom stereocenters. The Morgan fingerprint density at radius 1 is 1.06 bits per heavy atom. The number of halogens is 2. The highest BCUT2D eigenvalue weighted by Gasteiger charge is 2.33. The fourth-order valence-electron chi connectivity index (χ4n) is 4.15. The zero-order valence-electron chi connectivity index (χ0n) is 17.9. The molecule has 0 radical (unpaired) electrons. The zero-order valence-corrected chi connectivity index (χ0v) is 20.3. The molecule has 1 aromatic heterocycles. The Bertz CT molecular complexity index is 1140. The maximum Gasteiger partial charge on any atom is 0.254 e. The summed E-state index contributed by atoms with van der Waals surface area (Å²) in [5, 5.41) is 4.24. The number of nitrogens with zero attached hydrogens (tertiary/aromatic N) is 2. The van der Waals surface area contributed by atoms with Gasteiger partial charge in [-0.25, -0.2) is 12.8 Å². The summed E-state index contributed by atoms with van der Waals surface area (Å²) in [4.78, 5) is 27.0. The van der Waals surface area contributed by atoms with Gasteiger partial charge in [-0.2, -0.15) is 4.31 Å². The van der Waals surface area contributed by atoms with E-state index in [4.69, 9.17) is 11.6 Å². The zero-order chi connectivity index (χ0) is 23.6. The van der Waals surface area contributed by atoms with E-state index in [9.17, 15) is 22.4 Å². The number of hydrogen-bond acceptors (Lipinski definition) is 5. The lowest BCUT2D eigenvalue weighted by atomic mass is 9.97. The first-order chi connectivity index (χ1) is 15.8. The molecule has 0 bridgehead atoms.